The molecule has 0 aliphatic carbocycles. The van der Waals surface area contributed by atoms with Gasteiger partial charge >= 0.3 is 0 Å². The minimum absolute atomic E-state index is 0.0776. The van der Waals surface area contributed by atoms with Crippen molar-refractivity contribution in [2.45, 2.75) is 12.5 Å². The van der Waals surface area contributed by atoms with Crippen molar-refractivity contribution in [3.63, 3.8) is 0 Å². The lowest BCUT2D eigenvalue weighted by Crippen LogP contribution is -2.27. The van der Waals surface area contributed by atoms with E-state index in [9.17, 15) is 4.79 Å². The zero-order valence-corrected chi connectivity index (χ0v) is 8.14. The Labute approximate surface area is 83.3 Å². The monoisotopic (exact) mass is 191 g/mol. The van der Waals surface area contributed by atoms with E-state index in [2.05, 4.69) is 0 Å². The first kappa shape index (κ1) is 9.21. The molecule has 1 fully saturated rings. The van der Waals surface area contributed by atoms with Crippen LogP contribution in [0, 0.1) is 0 Å². The number of ether oxygens (including phenoxy) is 1. The molecule has 1 atom stereocenters. The maximum atomic E-state index is 11.5. The highest BCUT2D eigenvalue weighted by Gasteiger charge is 2.29. The molecular formula is C11H13NO2. The third kappa shape index (κ3) is 1.77. The average molecular weight is 191 g/mol. The highest BCUT2D eigenvalue weighted by Crippen LogP contribution is 2.13. The molecule has 0 bridgehead atoms. The lowest BCUT2D eigenvalue weighted by Gasteiger charge is -2.07. The standard InChI is InChI=1S/C11H13NO2/c1-12-8-14-10(11(12)13)7-9-5-3-2-4-6-9/h2-6,10H,7-8H2,1H3/t10-/m0/s1. The van der Waals surface area contributed by atoms with E-state index in [-0.39, 0.29) is 12.0 Å². The molecule has 0 saturated carbocycles. The van der Waals surface area contributed by atoms with Crippen molar-refractivity contribution in [2.24, 2.45) is 0 Å². The summed E-state index contributed by atoms with van der Waals surface area (Å²) in [4.78, 5) is 13.1. The maximum absolute atomic E-state index is 11.5. The molecule has 1 amide bonds. The molecule has 0 spiro atoms. The lowest BCUT2D eigenvalue weighted by molar-refractivity contribution is -0.129. The minimum atomic E-state index is -0.289. The third-order valence-electron chi connectivity index (χ3n) is 2.38. The average Bonchev–Trinajstić information content (AvgIpc) is 2.52. The van der Waals surface area contributed by atoms with Gasteiger partial charge in [0.05, 0.1) is 0 Å². The molecule has 0 radical (unpaired) electrons. The highest BCUT2D eigenvalue weighted by atomic mass is 16.5. The first-order valence-corrected chi connectivity index (χ1v) is 4.68. The molecule has 0 N–H and O–H groups in total. The predicted molar refractivity (Wildman–Crippen MR) is 52.7 cm³/mol. The number of benzene rings is 1. The van der Waals surface area contributed by atoms with Gasteiger partial charge in [-0.25, -0.2) is 0 Å². The van der Waals surface area contributed by atoms with E-state index >= 15 is 0 Å². The molecule has 1 saturated heterocycles. The molecule has 0 aromatic heterocycles. The van der Waals surface area contributed by atoms with Crippen molar-refractivity contribution >= 4 is 5.91 Å². The number of rotatable bonds is 2. The van der Waals surface area contributed by atoms with Gasteiger partial charge in [0.25, 0.3) is 5.91 Å². The van der Waals surface area contributed by atoms with Crippen LogP contribution < -0.4 is 0 Å². The summed E-state index contributed by atoms with van der Waals surface area (Å²) in [5.74, 6) is 0.0776. The fraction of sp³-hybridized carbons (Fsp3) is 0.364. The summed E-state index contributed by atoms with van der Waals surface area (Å²) in [5.41, 5.74) is 1.14. The Morgan fingerprint density at radius 3 is 2.71 bits per heavy atom. The van der Waals surface area contributed by atoms with Gasteiger partial charge in [-0.3, -0.25) is 4.79 Å². The summed E-state index contributed by atoms with van der Waals surface area (Å²) in [5, 5.41) is 0. The number of carbonyl (C=O) groups is 1. The third-order valence-corrected chi connectivity index (χ3v) is 2.38. The van der Waals surface area contributed by atoms with Crippen LogP contribution in [0.4, 0.5) is 0 Å². The fourth-order valence-electron chi connectivity index (χ4n) is 1.56. The van der Waals surface area contributed by atoms with Gasteiger partial charge in [0.1, 0.15) is 12.8 Å². The van der Waals surface area contributed by atoms with Gasteiger partial charge in [-0.15, -0.1) is 0 Å². The second-order valence-corrected chi connectivity index (χ2v) is 3.51. The number of nitrogens with zero attached hydrogens (tertiary/aromatic N) is 1. The fourth-order valence-corrected chi connectivity index (χ4v) is 1.56. The lowest BCUT2D eigenvalue weighted by atomic mass is 10.1. The molecule has 14 heavy (non-hydrogen) atoms. The summed E-state index contributed by atoms with van der Waals surface area (Å²) in [6.45, 7) is 0.413. The number of amides is 1. The zero-order valence-electron chi connectivity index (χ0n) is 8.14. The predicted octanol–water partition coefficient (Wildman–Crippen LogP) is 1.04. The molecule has 1 aliphatic rings. The van der Waals surface area contributed by atoms with Crippen molar-refractivity contribution in [1.82, 2.24) is 4.90 Å². The first-order chi connectivity index (χ1) is 6.77. The Balaban J connectivity index is 2.02. The molecule has 1 aliphatic heterocycles. The van der Waals surface area contributed by atoms with Crippen LogP contribution in [0.3, 0.4) is 0 Å². The van der Waals surface area contributed by atoms with Crippen molar-refractivity contribution in [2.75, 3.05) is 13.8 Å². The molecular weight excluding hydrogens is 178 g/mol. The van der Waals surface area contributed by atoms with E-state index in [1.54, 1.807) is 11.9 Å². The van der Waals surface area contributed by atoms with Crippen LogP contribution >= 0.6 is 0 Å². The summed E-state index contributed by atoms with van der Waals surface area (Å²) in [7, 11) is 1.76. The number of carbonyl (C=O) groups excluding carboxylic acids is 1. The van der Waals surface area contributed by atoms with Gasteiger partial charge in [0.15, 0.2) is 0 Å². The molecule has 74 valence electrons. The molecule has 3 nitrogen and oxygen atoms in total. The summed E-state index contributed by atoms with van der Waals surface area (Å²) >= 11 is 0. The Kier molecular flexibility index (Phi) is 2.50. The van der Waals surface area contributed by atoms with Gasteiger partial charge in [0.2, 0.25) is 0 Å². The van der Waals surface area contributed by atoms with Crippen LogP contribution in [0.2, 0.25) is 0 Å². The summed E-state index contributed by atoms with van der Waals surface area (Å²) < 4.78 is 5.36. The second-order valence-electron chi connectivity index (χ2n) is 3.51. The van der Waals surface area contributed by atoms with Crippen LogP contribution in [0.1, 0.15) is 5.56 Å². The topological polar surface area (TPSA) is 29.5 Å². The summed E-state index contributed by atoms with van der Waals surface area (Å²) in [6.07, 6.45) is 0.381. The van der Waals surface area contributed by atoms with E-state index in [0.29, 0.717) is 13.2 Å². The van der Waals surface area contributed by atoms with Crippen molar-refractivity contribution in [1.29, 1.82) is 0 Å². The molecule has 0 unspecified atom stereocenters. The Bertz CT molecular complexity index is 323. The van der Waals surface area contributed by atoms with E-state index in [1.165, 1.54) is 0 Å². The normalized spacial score (nSPS) is 21.6. The Morgan fingerprint density at radius 2 is 2.14 bits per heavy atom. The van der Waals surface area contributed by atoms with Gasteiger partial charge in [-0.2, -0.15) is 0 Å². The zero-order chi connectivity index (χ0) is 9.97. The summed E-state index contributed by atoms with van der Waals surface area (Å²) in [6, 6.07) is 9.92. The van der Waals surface area contributed by atoms with Crippen LogP contribution in [0.15, 0.2) is 30.3 Å². The second kappa shape index (κ2) is 3.80. The van der Waals surface area contributed by atoms with Crippen LogP contribution in [-0.2, 0) is 16.0 Å². The van der Waals surface area contributed by atoms with E-state index in [4.69, 9.17) is 4.74 Å². The Hall–Kier alpha value is -1.35. The molecule has 2 rings (SSSR count). The molecule has 1 heterocycles. The number of likely N-dealkylation sites (N-methyl/N-ethyl adjacent to an activating group) is 1. The van der Waals surface area contributed by atoms with E-state index in [0.717, 1.165) is 5.56 Å². The van der Waals surface area contributed by atoms with Crippen LogP contribution in [-0.4, -0.2) is 30.7 Å². The quantitative estimate of drug-likeness (QED) is 0.699. The van der Waals surface area contributed by atoms with Crippen LogP contribution in [0.25, 0.3) is 0 Å². The smallest absolute Gasteiger partial charge is 0.253 e. The van der Waals surface area contributed by atoms with Crippen LogP contribution in [0.5, 0.6) is 0 Å². The minimum Gasteiger partial charge on any atom is -0.348 e. The molecule has 1 aromatic rings. The Morgan fingerprint density at radius 1 is 1.43 bits per heavy atom. The van der Waals surface area contributed by atoms with Crippen molar-refractivity contribution < 1.29 is 9.53 Å². The van der Waals surface area contributed by atoms with Gasteiger partial charge in [-0.1, -0.05) is 30.3 Å². The van der Waals surface area contributed by atoms with Gasteiger partial charge < -0.3 is 9.64 Å². The highest BCUT2D eigenvalue weighted by molar-refractivity contribution is 5.82. The molecule has 1 aromatic carbocycles. The van der Waals surface area contributed by atoms with Gasteiger partial charge in [0, 0.05) is 13.5 Å². The first-order valence-electron chi connectivity index (χ1n) is 4.68. The van der Waals surface area contributed by atoms with Crippen molar-refractivity contribution in [3.8, 4) is 0 Å². The largest absolute Gasteiger partial charge is 0.348 e. The van der Waals surface area contributed by atoms with E-state index < -0.39 is 0 Å². The van der Waals surface area contributed by atoms with E-state index in [1.807, 2.05) is 30.3 Å². The maximum Gasteiger partial charge on any atom is 0.253 e. The van der Waals surface area contributed by atoms with Gasteiger partial charge in [-0.05, 0) is 5.56 Å². The number of hydrogen-bond donors (Lipinski definition) is 0. The number of hydrogen-bond acceptors (Lipinski definition) is 2. The van der Waals surface area contributed by atoms with Crippen molar-refractivity contribution in [3.05, 3.63) is 35.9 Å². The molecule has 3 heteroatoms. The SMILES string of the molecule is CN1CO[C@@H](Cc2ccccc2)C1=O.